The van der Waals surface area contributed by atoms with Crippen LogP contribution in [0.2, 0.25) is 0 Å². The SMILES string of the molecule is O=C1OC(=O)C2=C1CCCC2.[Cl][Pd][Cl]. The van der Waals surface area contributed by atoms with Crippen molar-refractivity contribution < 1.29 is 30.3 Å². The number of ether oxygens (including phenoxy) is 1. The number of rotatable bonds is 0. The molecule has 6 heteroatoms. The fourth-order valence-electron chi connectivity index (χ4n) is 1.56. The second kappa shape index (κ2) is 5.87. The summed E-state index contributed by atoms with van der Waals surface area (Å²) in [5.41, 5.74) is 1.25. The molecular weight excluding hydrogens is 321 g/mol. The van der Waals surface area contributed by atoms with Crippen LogP contribution in [0.5, 0.6) is 0 Å². The number of halogens is 2. The van der Waals surface area contributed by atoms with Crippen LogP contribution in [0.1, 0.15) is 25.7 Å². The van der Waals surface area contributed by atoms with Crippen LogP contribution in [0.3, 0.4) is 0 Å². The Hall–Kier alpha value is 0.122. The maximum absolute atomic E-state index is 10.9. The topological polar surface area (TPSA) is 43.4 Å². The van der Waals surface area contributed by atoms with Crippen molar-refractivity contribution in [3.05, 3.63) is 11.1 Å². The van der Waals surface area contributed by atoms with Gasteiger partial charge in [0.25, 0.3) is 0 Å². The molecule has 0 N–H and O–H groups in total. The Morgan fingerprint density at radius 1 is 1.00 bits per heavy atom. The molecule has 0 atom stereocenters. The molecule has 0 fully saturated rings. The molecule has 1 aliphatic carbocycles. The molecule has 0 unspecified atom stereocenters. The van der Waals surface area contributed by atoms with Gasteiger partial charge in [-0.05, 0) is 25.7 Å². The molecule has 82 valence electrons. The number of cyclic esters (lactones) is 2. The number of carbonyl (C=O) groups is 2. The van der Waals surface area contributed by atoms with E-state index in [1.54, 1.807) is 0 Å². The van der Waals surface area contributed by atoms with E-state index in [-0.39, 0.29) is 15.9 Å². The van der Waals surface area contributed by atoms with E-state index >= 15 is 0 Å². The zero-order valence-electron chi connectivity index (χ0n) is 7.13. The van der Waals surface area contributed by atoms with Crippen LogP contribution in [-0.4, -0.2) is 11.9 Å². The van der Waals surface area contributed by atoms with Gasteiger partial charge in [0.2, 0.25) is 0 Å². The normalized spacial score (nSPS) is 20.1. The summed E-state index contributed by atoms with van der Waals surface area (Å²) in [6.45, 7) is 0. The zero-order chi connectivity index (χ0) is 10.6. The molecule has 0 amide bonds. The summed E-state index contributed by atoms with van der Waals surface area (Å²) < 4.78 is 4.46. The van der Waals surface area contributed by atoms with Crippen molar-refractivity contribution in [1.29, 1.82) is 0 Å². The number of carbonyl (C=O) groups excluding carboxylic acids is 2. The Morgan fingerprint density at radius 2 is 1.36 bits per heavy atom. The van der Waals surface area contributed by atoms with Crippen LogP contribution in [0.4, 0.5) is 0 Å². The predicted molar refractivity (Wildman–Crippen MR) is 48.3 cm³/mol. The van der Waals surface area contributed by atoms with Crippen LogP contribution >= 0.6 is 19.1 Å². The van der Waals surface area contributed by atoms with Gasteiger partial charge in [-0.3, -0.25) is 0 Å². The quantitative estimate of drug-likeness (QED) is 0.389. The van der Waals surface area contributed by atoms with Gasteiger partial charge in [-0.25, -0.2) is 9.59 Å². The summed E-state index contributed by atoms with van der Waals surface area (Å²) >= 11 is -0.106. The summed E-state index contributed by atoms with van der Waals surface area (Å²) in [7, 11) is 9.63. The fraction of sp³-hybridized carbons (Fsp3) is 0.500. The summed E-state index contributed by atoms with van der Waals surface area (Å²) in [4.78, 5) is 21.8. The van der Waals surface area contributed by atoms with E-state index < -0.39 is 11.9 Å². The first-order chi connectivity index (χ1) is 6.70. The van der Waals surface area contributed by atoms with Gasteiger partial charge in [-0.15, -0.1) is 0 Å². The summed E-state index contributed by atoms with van der Waals surface area (Å²) in [6.07, 6.45) is 3.45. The Balaban J connectivity index is 0.000000293. The molecule has 0 aromatic heterocycles. The first-order valence-electron chi connectivity index (χ1n) is 4.01. The second-order valence-corrected chi connectivity index (χ2v) is 5.25. The van der Waals surface area contributed by atoms with E-state index in [1.807, 2.05) is 0 Å². The molecule has 0 aromatic rings. The molecule has 0 spiro atoms. The van der Waals surface area contributed by atoms with Crippen molar-refractivity contribution in [1.82, 2.24) is 0 Å². The van der Waals surface area contributed by atoms with Gasteiger partial charge in [-0.1, -0.05) is 0 Å². The number of hydrogen-bond donors (Lipinski definition) is 0. The van der Waals surface area contributed by atoms with Gasteiger partial charge >= 0.3 is 46.9 Å². The average Bonchev–Trinajstić information content (AvgIpc) is 2.45. The summed E-state index contributed by atoms with van der Waals surface area (Å²) in [5, 5.41) is 0. The third-order valence-corrected chi connectivity index (χ3v) is 2.15. The monoisotopic (exact) mass is 328 g/mol. The first kappa shape index (κ1) is 12.2. The van der Waals surface area contributed by atoms with Gasteiger partial charge < -0.3 is 4.74 Å². The van der Waals surface area contributed by atoms with Crippen LogP contribution < -0.4 is 0 Å². The van der Waals surface area contributed by atoms with E-state index in [1.165, 1.54) is 0 Å². The van der Waals surface area contributed by atoms with Crippen LogP contribution in [0.15, 0.2) is 11.1 Å². The van der Waals surface area contributed by atoms with E-state index in [4.69, 9.17) is 19.1 Å². The van der Waals surface area contributed by atoms with E-state index in [9.17, 15) is 9.59 Å². The molecule has 0 radical (unpaired) electrons. The first-order valence-corrected chi connectivity index (χ1v) is 8.02. The number of hydrogen-bond acceptors (Lipinski definition) is 3. The minimum absolute atomic E-state index is 0.106. The van der Waals surface area contributed by atoms with Crippen LogP contribution in [0.25, 0.3) is 0 Å². The molecule has 2 aliphatic rings. The van der Waals surface area contributed by atoms with Crippen molar-refractivity contribution in [3.8, 4) is 0 Å². The van der Waals surface area contributed by atoms with Gasteiger partial charge in [0.1, 0.15) is 0 Å². The Labute approximate surface area is 97.9 Å². The molecule has 0 saturated heterocycles. The fourth-order valence-corrected chi connectivity index (χ4v) is 1.56. The van der Waals surface area contributed by atoms with E-state index in [2.05, 4.69) is 4.74 Å². The maximum atomic E-state index is 10.9. The predicted octanol–water partition coefficient (Wildman–Crippen LogP) is 2.32. The number of esters is 2. The molecule has 2 rings (SSSR count). The van der Waals surface area contributed by atoms with Gasteiger partial charge in [0.05, 0.1) is 0 Å². The van der Waals surface area contributed by atoms with Crippen molar-refractivity contribution in [2.45, 2.75) is 25.7 Å². The Morgan fingerprint density at radius 3 is 1.71 bits per heavy atom. The molecule has 0 bridgehead atoms. The van der Waals surface area contributed by atoms with Crippen LogP contribution in [-0.2, 0) is 30.3 Å². The van der Waals surface area contributed by atoms with Crippen molar-refractivity contribution in [2.24, 2.45) is 0 Å². The zero-order valence-corrected chi connectivity index (χ0v) is 10.2. The van der Waals surface area contributed by atoms with Gasteiger partial charge in [0.15, 0.2) is 0 Å². The van der Waals surface area contributed by atoms with E-state index in [0.717, 1.165) is 25.7 Å². The van der Waals surface area contributed by atoms with E-state index in [0.29, 0.717) is 11.1 Å². The Kier molecular flexibility index (Phi) is 5.11. The van der Waals surface area contributed by atoms with Crippen molar-refractivity contribution in [3.63, 3.8) is 0 Å². The van der Waals surface area contributed by atoms with Crippen LogP contribution in [0, 0.1) is 0 Å². The van der Waals surface area contributed by atoms with Crippen molar-refractivity contribution in [2.75, 3.05) is 0 Å². The molecule has 1 heterocycles. The average molecular weight is 329 g/mol. The third-order valence-electron chi connectivity index (χ3n) is 2.15. The summed E-state index contributed by atoms with van der Waals surface area (Å²) in [5.74, 6) is -0.825. The molecule has 1 aliphatic heterocycles. The molecule has 0 aromatic carbocycles. The van der Waals surface area contributed by atoms with Gasteiger partial charge in [-0.2, -0.15) is 0 Å². The molecular formula is C8H8Cl2O3Pd. The summed E-state index contributed by atoms with van der Waals surface area (Å²) in [6, 6.07) is 0. The Bertz CT molecular complexity index is 262. The molecule has 3 nitrogen and oxygen atoms in total. The van der Waals surface area contributed by atoms with Gasteiger partial charge in [0, 0.05) is 11.1 Å². The standard InChI is InChI=1S/C8H8O3.2ClH.Pd/c9-7-5-3-1-2-4-6(5)8(10)11-7;;;/h1-4H2;2*1H;/q;;;+2/p-2. The molecule has 14 heavy (non-hydrogen) atoms. The third kappa shape index (κ3) is 2.80. The minimum atomic E-state index is -0.412. The second-order valence-electron chi connectivity index (χ2n) is 2.89. The van der Waals surface area contributed by atoms with Crippen molar-refractivity contribution >= 4 is 31.0 Å². The molecule has 0 saturated carbocycles.